The van der Waals surface area contributed by atoms with Crippen molar-refractivity contribution in [1.29, 1.82) is 0 Å². The van der Waals surface area contributed by atoms with Crippen LogP contribution in [0.2, 0.25) is 0 Å². The highest BCUT2D eigenvalue weighted by molar-refractivity contribution is 5.93. The van der Waals surface area contributed by atoms with E-state index in [1.165, 1.54) is 0 Å². The Morgan fingerprint density at radius 1 is 1.45 bits per heavy atom. The van der Waals surface area contributed by atoms with E-state index in [-0.39, 0.29) is 31.5 Å². The summed E-state index contributed by atoms with van der Waals surface area (Å²) >= 11 is 0. The first-order valence-electron chi connectivity index (χ1n) is 7.37. The van der Waals surface area contributed by atoms with Gasteiger partial charge in [0.2, 0.25) is 0 Å². The standard InChI is InChI=1S/C15H19F2N3O2/c1-10-3-2-4-13(18-10)14(22)19-6-12(7-19)20-9-15(16,17)5-11(20)8-21/h2-4,11-12,21H,5-9H2,1H3/t11-/m0/s1. The molecule has 3 heterocycles. The topological polar surface area (TPSA) is 56.7 Å². The van der Waals surface area contributed by atoms with Gasteiger partial charge in [0, 0.05) is 37.3 Å². The van der Waals surface area contributed by atoms with Crippen molar-refractivity contribution in [2.75, 3.05) is 26.2 Å². The van der Waals surface area contributed by atoms with Gasteiger partial charge in [0.25, 0.3) is 11.8 Å². The molecule has 22 heavy (non-hydrogen) atoms. The van der Waals surface area contributed by atoms with Gasteiger partial charge in [-0.2, -0.15) is 0 Å². The lowest BCUT2D eigenvalue weighted by atomic mass is 10.1. The van der Waals surface area contributed by atoms with Gasteiger partial charge < -0.3 is 10.0 Å². The van der Waals surface area contributed by atoms with E-state index in [1.807, 2.05) is 13.0 Å². The number of carbonyl (C=O) groups is 1. The highest BCUT2D eigenvalue weighted by Crippen LogP contribution is 2.35. The lowest BCUT2D eigenvalue weighted by molar-refractivity contribution is -0.0126. The van der Waals surface area contributed by atoms with Crippen molar-refractivity contribution in [2.45, 2.75) is 31.4 Å². The van der Waals surface area contributed by atoms with Crippen LogP contribution in [0.4, 0.5) is 8.78 Å². The molecule has 0 unspecified atom stereocenters. The van der Waals surface area contributed by atoms with Crippen LogP contribution in [0.1, 0.15) is 22.6 Å². The van der Waals surface area contributed by atoms with Crippen LogP contribution in [0.5, 0.6) is 0 Å². The van der Waals surface area contributed by atoms with Gasteiger partial charge in [0.1, 0.15) is 5.69 Å². The van der Waals surface area contributed by atoms with Crippen molar-refractivity contribution in [3.05, 3.63) is 29.6 Å². The largest absolute Gasteiger partial charge is 0.395 e. The quantitative estimate of drug-likeness (QED) is 0.902. The minimum Gasteiger partial charge on any atom is -0.395 e. The fourth-order valence-electron chi connectivity index (χ4n) is 3.17. The van der Waals surface area contributed by atoms with Crippen LogP contribution in [-0.4, -0.2) is 70.0 Å². The smallest absolute Gasteiger partial charge is 0.272 e. The van der Waals surface area contributed by atoms with Crippen LogP contribution in [-0.2, 0) is 0 Å². The van der Waals surface area contributed by atoms with Crippen LogP contribution in [0.15, 0.2) is 18.2 Å². The molecule has 1 N–H and O–H groups in total. The summed E-state index contributed by atoms with van der Waals surface area (Å²) < 4.78 is 26.9. The molecular formula is C15H19F2N3O2. The molecule has 7 heteroatoms. The molecule has 2 saturated heterocycles. The van der Waals surface area contributed by atoms with Gasteiger partial charge in [0.05, 0.1) is 13.2 Å². The number of aryl methyl sites for hydroxylation is 1. The van der Waals surface area contributed by atoms with Gasteiger partial charge in [-0.05, 0) is 19.1 Å². The third-order valence-electron chi connectivity index (χ3n) is 4.35. The summed E-state index contributed by atoms with van der Waals surface area (Å²) in [7, 11) is 0. The predicted molar refractivity (Wildman–Crippen MR) is 75.8 cm³/mol. The number of rotatable bonds is 3. The maximum atomic E-state index is 13.5. The van der Waals surface area contributed by atoms with Gasteiger partial charge >= 0.3 is 0 Å². The summed E-state index contributed by atoms with van der Waals surface area (Å²) in [5.74, 6) is -2.93. The average molecular weight is 311 g/mol. The monoisotopic (exact) mass is 311 g/mol. The molecule has 5 nitrogen and oxygen atoms in total. The zero-order valence-corrected chi connectivity index (χ0v) is 12.4. The molecule has 3 rings (SSSR count). The first kappa shape index (κ1) is 15.3. The minimum absolute atomic E-state index is 0.112. The van der Waals surface area contributed by atoms with E-state index in [1.54, 1.807) is 21.9 Å². The second-order valence-electron chi connectivity index (χ2n) is 6.10. The Morgan fingerprint density at radius 2 is 2.18 bits per heavy atom. The summed E-state index contributed by atoms with van der Waals surface area (Å²) in [6.45, 7) is 2.00. The van der Waals surface area contributed by atoms with Crippen LogP contribution in [0.25, 0.3) is 0 Å². The molecule has 0 spiro atoms. The Hall–Kier alpha value is -1.60. The number of halogens is 2. The number of nitrogens with zero attached hydrogens (tertiary/aromatic N) is 3. The number of carbonyl (C=O) groups excluding carboxylic acids is 1. The molecular weight excluding hydrogens is 292 g/mol. The molecule has 2 fully saturated rings. The van der Waals surface area contributed by atoms with E-state index in [0.717, 1.165) is 5.69 Å². The molecule has 1 aromatic rings. The lowest BCUT2D eigenvalue weighted by Crippen LogP contribution is -2.62. The molecule has 1 amide bonds. The Balaban J connectivity index is 1.61. The first-order chi connectivity index (χ1) is 10.4. The molecule has 0 radical (unpaired) electrons. The third-order valence-corrected chi connectivity index (χ3v) is 4.35. The first-order valence-corrected chi connectivity index (χ1v) is 7.37. The summed E-state index contributed by atoms with van der Waals surface area (Å²) in [5.41, 5.74) is 1.14. The van der Waals surface area contributed by atoms with Crippen molar-refractivity contribution in [1.82, 2.24) is 14.8 Å². The van der Waals surface area contributed by atoms with Crippen molar-refractivity contribution >= 4 is 5.91 Å². The van der Waals surface area contributed by atoms with Crippen LogP contribution in [0, 0.1) is 6.92 Å². The molecule has 2 aliphatic rings. The molecule has 1 aromatic heterocycles. The van der Waals surface area contributed by atoms with Gasteiger partial charge in [-0.15, -0.1) is 0 Å². The molecule has 1 atom stereocenters. The highest BCUT2D eigenvalue weighted by Gasteiger charge is 2.50. The Kier molecular flexibility index (Phi) is 3.86. The van der Waals surface area contributed by atoms with Gasteiger partial charge in [0.15, 0.2) is 0 Å². The summed E-state index contributed by atoms with van der Waals surface area (Å²) in [6, 6.07) is 4.61. The second-order valence-corrected chi connectivity index (χ2v) is 6.10. The highest BCUT2D eigenvalue weighted by atomic mass is 19.3. The van der Waals surface area contributed by atoms with Crippen LogP contribution in [0.3, 0.4) is 0 Å². The maximum absolute atomic E-state index is 13.5. The van der Waals surface area contributed by atoms with Gasteiger partial charge in [-0.3, -0.25) is 9.69 Å². The van der Waals surface area contributed by atoms with E-state index in [2.05, 4.69) is 4.98 Å². The predicted octanol–water partition coefficient (Wildman–Crippen LogP) is 0.916. The third kappa shape index (κ3) is 2.83. The van der Waals surface area contributed by atoms with Crippen molar-refractivity contribution in [3.63, 3.8) is 0 Å². The Bertz CT molecular complexity index is 576. The van der Waals surface area contributed by atoms with Crippen molar-refractivity contribution in [2.24, 2.45) is 0 Å². The zero-order chi connectivity index (χ0) is 15.9. The number of amides is 1. The maximum Gasteiger partial charge on any atom is 0.272 e. The number of likely N-dealkylation sites (tertiary alicyclic amines) is 2. The molecule has 2 aliphatic heterocycles. The molecule has 0 saturated carbocycles. The fourth-order valence-corrected chi connectivity index (χ4v) is 3.17. The summed E-state index contributed by atoms with van der Waals surface area (Å²) in [4.78, 5) is 19.7. The normalized spacial score (nSPS) is 25.3. The molecule has 0 aromatic carbocycles. The fraction of sp³-hybridized carbons (Fsp3) is 0.600. The van der Waals surface area contributed by atoms with Crippen molar-refractivity contribution < 1.29 is 18.7 Å². The number of hydrogen-bond donors (Lipinski definition) is 1. The minimum atomic E-state index is -2.75. The molecule has 0 bridgehead atoms. The van der Waals surface area contributed by atoms with Crippen molar-refractivity contribution in [3.8, 4) is 0 Å². The van der Waals surface area contributed by atoms with Gasteiger partial charge in [-0.1, -0.05) is 6.07 Å². The second kappa shape index (κ2) is 5.55. The van der Waals surface area contributed by atoms with E-state index >= 15 is 0 Å². The number of pyridine rings is 1. The Labute approximate surface area is 127 Å². The van der Waals surface area contributed by atoms with E-state index in [4.69, 9.17) is 0 Å². The molecule has 120 valence electrons. The number of hydrogen-bond acceptors (Lipinski definition) is 4. The molecule has 0 aliphatic carbocycles. The van der Waals surface area contributed by atoms with Crippen LogP contribution >= 0.6 is 0 Å². The number of aliphatic hydroxyl groups excluding tert-OH is 1. The van der Waals surface area contributed by atoms with E-state index < -0.39 is 12.0 Å². The number of aromatic nitrogens is 1. The Morgan fingerprint density at radius 3 is 2.82 bits per heavy atom. The zero-order valence-electron chi connectivity index (χ0n) is 12.4. The van der Waals surface area contributed by atoms with E-state index in [0.29, 0.717) is 18.8 Å². The summed E-state index contributed by atoms with van der Waals surface area (Å²) in [5, 5.41) is 9.26. The number of aliphatic hydroxyl groups is 1. The van der Waals surface area contributed by atoms with Gasteiger partial charge in [-0.25, -0.2) is 13.8 Å². The SMILES string of the molecule is Cc1cccc(C(=O)N2CC(N3CC(F)(F)C[C@H]3CO)C2)n1. The summed E-state index contributed by atoms with van der Waals surface area (Å²) in [6.07, 6.45) is -0.312. The average Bonchev–Trinajstić information content (AvgIpc) is 2.72. The lowest BCUT2D eigenvalue weighted by Gasteiger charge is -2.45. The van der Waals surface area contributed by atoms with Crippen LogP contribution < -0.4 is 0 Å². The van der Waals surface area contributed by atoms with E-state index in [9.17, 15) is 18.7 Å². The number of alkyl halides is 2.